The lowest BCUT2D eigenvalue weighted by Crippen LogP contribution is -2.35. The summed E-state index contributed by atoms with van der Waals surface area (Å²) < 4.78 is 16.7. The van der Waals surface area contributed by atoms with Gasteiger partial charge in [-0.1, -0.05) is 30.3 Å². The Morgan fingerprint density at radius 1 is 1.05 bits per heavy atom. The second-order valence-corrected chi connectivity index (χ2v) is 4.84. The van der Waals surface area contributed by atoms with Crippen LogP contribution in [0, 0.1) is 0 Å². The van der Waals surface area contributed by atoms with E-state index in [0.717, 1.165) is 5.56 Å². The van der Waals surface area contributed by atoms with Crippen LogP contribution < -0.4 is 0 Å². The van der Waals surface area contributed by atoms with Crippen LogP contribution in [-0.4, -0.2) is 25.0 Å². The van der Waals surface area contributed by atoms with E-state index in [-0.39, 0.29) is 5.97 Å². The quantitative estimate of drug-likeness (QED) is 0.612. The van der Waals surface area contributed by atoms with Crippen molar-refractivity contribution in [2.75, 3.05) is 13.2 Å². The molecule has 1 heterocycles. The lowest BCUT2D eigenvalue weighted by molar-refractivity contribution is -0.150. The summed E-state index contributed by atoms with van der Waals surface area (Å²) in [4.78, 5) is 11.5. The molecular formula is C16H16O4. The molecule has 0 saturated carbocycles. The highest BCUT2D eigenvalue weighted by atomic mass is 16.7. The molecular weight excluding hydrogens is 256 g/mol. The topological polar surface area (TPSA) is 44.8 Å². The average molecular weight is 272 g/mol. The van der Waals surface area contributed by atoms with E-state index in [4.69, 9.17) is 14.2 Å². The highest BCUT2D eigenvalue weighted by Crippen LogP contribution is 2.37. The summed E-state index contributed by atoms with van der Waals surface area (Å²) in [6.45, 7) is 2.51. The maximum absolute atomic E-state index is 11.5. The van der Waals surface area contributed by atoms with E-state index in [2.05, 4.69) is 0 Å². The van der Waals surface area contributed by atoms with Crippen molar-refractivity contribution in [2.24, 2.45) is 0 Å². The minimum Gasteiger partial charge on any atom is -0.446 e. The van der Waals surface area contributed by atoms with Gasteiger partial charge in [0.25, 0.3) is 0 Å². The number of ether oxygens (including phenoxy) is 3. The normalized spacial score (nSPS) is 22.1. The van der Waals surface area contributed by atoms with Crippen molar-refractivity contribution in [3.63, 3.8) is 0 Å². The summed E-state index contributed by atoms with van der Waals surface area (Å²) in [6.07, 6.45) is 7.23. The Labute approximate surface area is 117 Å². The lowest BCUT2D eigenvalue weighted by Gasteiger charge is -2.33. The van der Waals surface area contributed by atoms with Gasteiger partial charge in [-0.15, -0.1) is 0 Å². The van der Waals surface area contributed by atoms with E-state index in [1.165, 1.54) is 6.92 Å². The summed E-state index contributed by atoms with van der Waals surface area (Å²) >= 11 is 0. The van der Waals surface area contributed by atoms with Gasteiger partial charge in [0.05, 0.1) is 13.2 Å². The van der Waals surface area contributed by atoms with Gasteiger partial charge in [-0.2, -0.15) is 0 Å². The third-order valence-electron chi connectivity index (χ3n) is 3.40. The lowest BCUT2D eigenvalue weighted by atomic mass is 9.88. The van der Waals surface area contributed by atoms with Crippen LogP contribution in [0.3, 0.4) is 0 Å². The maximum Gasteiger partial charge on any atom is 0.304 e. The van der Waals surface area contributed by atoms with Gasteiger partial charge in [0.2, 0.25) is 5.79 Å². The number of carbonyl (C=O) groups excluding carboxylic acids is 1. The first kappa shape index (κ1) is 13.1. The highest BCUT2D eigenvalue weighted by Gasteiger charge is 2.40. The molecule has 0 N–H and O–H groups in total. The van der Waals surface area contributed by atoms with Crippen molar-refractivity contribution in [3.05, 3.63) is 60.2 Å². The van der Waals surface area contributed by atoms with Crippen LogP contribution in [0.4, 0.5) is 0 Å². The van der Waals surface area contributed by atoms with Crippen molar-refractivity contribution in [1.29, 1.82) is 0 Å². The third-order valence-corrected chi connectivity index (χ3v) is 3.40. The van der Waals surface area contributed by atoms with Crippen LogP contribution in [0.5, 0.6) is 0 Å². The number of hydrogen-bond acceptors (Lipinski definition) is 4. The standard InChI is InChI=1S/C16H16O4/c1-13(17)20-15(14-5-3-2-4-6-14)7-9-16(10-8-15)18-11-12-19-16/h2-10H,11-12H2,1H3. The fraction of sp³-hybridized carbons (Fsp3) is 0.312. The van der Waals surface area contributed by atoms with Crippen molar-refractivity contribution < 1.29 is 19.0 Å². The molecule has 0 bridgehead atoms. The minimum absolute atomic E-state index is 0.340. The fourth-order valence-electron chi connectivity index (χ4n) is 2.48. The predicted octanol–water partition coefficient (Wildman–Crippen LogP) is 2.31. The SMILES string of the molecule is CC(=O)OC1(c2ccccc2)C=CC2(C=C1)OCCO2. The van der Waals surface area contributed by atoms with Gasteiger partial charge in [-0.05, 0) is 24.3 Å². The van der Waals surface area contributed by atoms with Crippen LogP contribution in [-0.2, 0) is 24.6 Å². The molecule has 1 aromatic carbocycles. The Morgan fingerprint density at radius 2 is 1.65 bits per heavy atom. The molecule has 20 heavy (non-hydrogen) atoms. The van der Waals surface area contributed by atoms with Gasteiger partial charge >= 0.3 is 5.97 Å². The Morgan fingerprint density at radius 3 is 2.20 bits per heavy atom. The third kappa shape index (κ3) is 2.28. The van der Waals surface area contributed by atoms with Crippen LogP contribution in [0.2, 0.25) is 0 Å². The molecule has 0 amide bonds. The average Bonchev–Trinajstić information content (AvgIpc) is 2.91. The summed E-state index contributed by atoms with van der Waals surface area (Å²) in [5, 5.41) is 0. The molecule has 0 aromatic heterocycles. The minimum atomic E-state index is -0.895. The number of carbonyl (C=O) groups is 1. The maximum atomic E-state index is 11.5. The molecule has 1 aliphatic carbocycles. The molecule has 0 atom stereocenters. The van der Waals surface area contributed by atoms with E-state index < -0.39 is 11.4 Å². The first-order chi connectivity index (χ1) is 9.64. The molecule has 3 rings (SSSR count). The Bertz CT molecular complexity index is 537. The monoisotopic (exact) mass is 272 g/mol. The number of benzene rings is 1. The zero-order chi connectivity index (χ0) is 14.1. The van der Waals surface area contributed by atoms with Gasteiger partial charge in [-0.25, -0.2) is 0 Å². The molecule has 104 valence electrons. The van der Waals surface area contributed by atoms with Crippen LogP contribution in [0.1, 0.15) is 12.5 Å². The molecule has 1 aromatic rings. The summed E-state index contributed by atoms with van der Waals surface area (Å²) in [5.41, 5.74) is -0.0104. The first-order valence-corrected chi connectivity index (χ1v) is 6.58. The van der Waals surface area contributed by atoms with Crippen LogP contribution >= 0.6 is 0 Å². The van der Waals surface area contributed by atoms with E-state index in [1.807, 2.05) is 42.5 Å². The van der Waals surface area contributed by atoms with Gasteiger partial charge < -0.3 is 14.2 Å². The molecule has 4 heteroatoms. The van der Waals surface area contributed by atoms with Gasteiger partial charge in [-0.3, -0.25) is 4.79 Å². The number of esters is 1. The number of rotatable bonds is 2. The zero-order valence-electron chi connectivity index (χ0n) is 11.2. The van der Waals surface area contributed by atoms with Crippen molar-refractivity contribution >= 4 is 5.97 Å². The van der Waals surface area contributed by atoms with E-state index in [9.17, 15) is 4.79 Å². The predicted molar refractivity (Wildman–Crippen MR) is 72.8 cm³/mol. The van der Waals surface area contributed by atoms with Crippen molar-refractivity contribution in [3.8, 4) is 0 Å². The smallest absolute Gasteiger partial charge is 0.304 e. The summed E-state index contributed by atoms with van der Waals surface area (Å²) in [5.74, 6) is -1.15. The zero-order valence-corrected chi connectivity index (χ0v) is 11.2. The fourth-order valence-corrected chi connectivity index (χ4v) is 2.48. The van der Waals surface area contributed by atoms with Gasteiger partial charge in [0.15, 0.2) is 5.60 Å². The second kappa shape index (κ2) is 4.89. The molecule has 4 nitrogen and oxygen atoms in total. The Kier molecular flexibility index (Phi) is 3.20. The van der Waals surface area contributed by atoms with Crippen molar-refractivity contribution in [1.82, 2.24) is 0 Å². The summed E-state index contributed by atoms with van der Waals surface area (Å²) in [7, 11) is 0. The van der Waals surface area contributed by atoms with Gasteiger partial charge in [0, 0.05) is 12.5 Å². The van der Waals surface area contributed by atoms with E-state index >= 15 is 0 Å². The molecule has 1 aliphatic heterocycles. The Balaban J connectivity index is 1.97. The van der Waals surface area contributed by atoms with Crippen LogP contribution in [0.15, 0.2) is 54.6 Å². The highest BCUT2D eigenvalue weighted by molar-refractivity contribution is 5.68. The summed E-state index contributed by atoms with van der Waals surface area (Å²) in [6, 6.07) is 9.59. The van der Waals surface area contributed by atoms with Gasteiger partial charge in [0.1, 0.15) is 0 Å². The van der Waals surface area contributed by atoms with Crippen molar-refractivity contribution in [2.45, 2.75) is 18.3 Å². The molecule has 2 aliphatic rings. The number of hydrogen-bond donors (Lipinski definition) is 0. The van der Waals surface area contributed by atoms with E-state index in [0.29, 0.717) is 13.2 Å². The second-order valence-electron chi connectivity index (χ2n) is 4.84. The molecule has 0 unspecified atom stereocenters. The largest absolute Gasteiger partial charge is 0.446 e. The molecule has 1 fully saturated rings. The van der Waals surface area contributed by atoms with Crippen LogP contribution in [0.25, 0.3) is 0 Å². The molecule has 1 spiro atoms. The first-order valence-electron chi connectivity index (χ1n) is 6.58. The Hall–Kier alpha value is -1.91. The van der Waals surface area contributed by atoms with E-state index in [1.54, 1.807) is 12.2 Å². The molecule has 1 saturated heterocycles. The molecule has 0 radical (unpaired) electrons.